The van der Waals surface area contributed by atoms with Crippen LogP contribution in [-0.4, -0.2) is 4.57 Å². The third-order valence-electron chi connectivity index (χ3n) is 5.44. The van der Waals surface area contributed by atoms with Crippen LogP contribution in [0.1, 0.15) is 21.9 Å². The zero-order valence-corrected chi connectivity index (χ0v) is 17.8. The predicted molar refractivity (Wildman–Crippen MR) is 128 cm³/mol. The van der Waals surface area contributed by atoms with E-state index in [0.29, 0.717) is 6.54 Å². The molecule has 5 rings (SSSR count). The first kappa shape index (κ1) is 19.7. The van der Waals surface area contributed by atoms with E-state index in [0.717, 1.165) is 11.1 Å². The first-order chi connectivity index (χ1) is 15.3. The van der Waals surface area contributed by atoms with Gasteiger partial charge in [-0.15, -0.1) is 11.8 Å². The fourth-order valence-electron chi connectivity index (χ4n) is 3.98. The highest BCUT2D eigenvalue weighted by Gasteiger charge is 2.19. The van der Waals surface area contributed by atoms with E-state index in [2.05, 4.69) is 95.7 Å². The number of nitrogens with zero attached hydrogens (tertiary/aromatic N) is 1. The number of fused-ring (bicyclic) bond motifs is 1. The SMILES string of the molecule is Fc1cccc(Cn2cc(SC(c3ccccc3)c3ccccc3)c3ccccc32)c1. The maximum atomic E-state index is 13.7. The largest absolute Gasteiger partial charge is 0.342 e. The van der Waals surface area contributed by atoms with Crippen LogP contribution in [-0.2, 0) is 6.54 Å². The Labute approximate surface area is 186 Å². The molecule has 0 N–H and O–H groups in total. The van der Waals surface area contributed by atoms with Gasteiger partial charge in [0.15, 0.2) is 0 Å². The van der Waals surface area contributed by atoms with Crippen LogP contribution >= 0.6 is 11.8 Å². The summed E-state index contributed by atoms with van der Waals surface area (Å²) in [5, 5.41) is 1.41. The molecule has 1 nitrogen and oxygen atoms in total. The van der Waals surface area contributed by atoms with E-state index >= 15 is 0 Å². The summed E-state index contributed by atoms with van der Waals surface area (Å²) in [4.78, 5) is 1.23. The van der Waals surface area contributed by atoms with Gasteiger partial charge in [-0.3, -0.25) is 0 Å². The van der Waals surface area contributed by atoms with Crippen molar-refractivity contribution in [1.82, 2.24) is 4.57 Å². The van der Waals surface area contributed by atoms with Crippen LogP contribution in [0.25, 0.3) is 10.9 Å². The van der Waals surface area contributed by atoms with Crippen LogP contribution in [0.5, 0.6) is 0 Å². The molecular weight excluding hydrogens is 401 g/mol. The van der Waals surface area contributed by atoms with Gasteiger partial charge in [0.2, 0.25) is 0 Å². The minimum atomic E-state index is -0.197. The molecule has 0 saturated carbocycles. The van der Waals surface area contributed by atoms with Gasteiger partial charge < -0.3 is 4.57 Å². The first-order valence-corrected chi connectivity index (χ1v) is 11.2. The van der Waals surface area contributed by atoms with Crippen LogP contribution in [0.2, 0.25) is 0 Å². The average Bonchev–Trinajstić information content (AvgIpc) is 3.16. The summed E-state index contributed by atoms with van der Waals surface area (Å²) >= 11 is 1.86. The third-order valence-corrected chi connectivity index (χ3v) is 6.80. The molecule has 31 heavy (non-hydrogen) atoms. The molecule has 1 aromatic heterocycles. The van der Waals surface area contributed by atoms with Crippen molar-refractivity contribution in [2.24, 2.45) is 0 Å². The van der Waals surface area contributed by atoms with Gasteiger partial charge in [-0.2, -0.15) is 0 Å². The number of halogens is 1. The lowest BCUT2D eigenvalue weighted by Crippen LogP contribution is -1.98. The van der Waals surface area contributed by atoms with Crippen molar-refractivity contribution in [1.29, 1.82) is 0 Å². The monoisotopic (exact) mass is 423 g/mol. The summed E-state index contributed by atoms with van der Waals surface area (Å²) in [6, 6.07) is 36.6. The quantitative estimate of drug-likeness (QED) is 0.253. The van der Waals surface area contributed by atoms with Crippen molar-refractivity contribution in [2.75, 3.05) is 0 Å². The number of benzene rings is 4. The van der Waals surface area contributed by atoms with E-state index < -0.39 is 0 Å². The maximum Gasteiger partial charge on any atom is 0.123 e. The smallest absolute Gasteiger partial charge is 0.123 e. The molecule has 0 bridgehead atoms. The van der Waals surface area contributed by atoms with Crippen molar-refractivity contribution in [3.63, 3.8) is 0 Å². The lowest BCUT2D eigenvalue weighted by atomic mass is 10.0. The number of thioether (sulfide) groups is 1. The van der Waals surface area contributed by atoms with E-state index in [9.17, 15) is 4.39 Å². The van der Waals surface area contributed by atoms with Crippen molar-refractivity contribution in [3.8, 4) is 0 Å². The Kier molecular flexibility index (Phi) is 5.59. The topological polar surface area (TPSA) is 4.93 Å². The summed E-state index contributed by atoms with van der Waals surface area (Å²) in [6.45, 7) is 0.639. The molecule has 4 aromatic carbocycles. The van der Waals surface area contributed by atoms with Crippen molar-refractivity contribution in [3.05, 3.63) is 138 Å². The van der Waals surface area contributed by atoms with Crippen LogP contribution in [0.4, 0.5) is 4.39 Å². The minimum Gasteiger partial charge on any atom is -0.342 e. The molecular formula is C28H22FNS. The normalized spacial score (nSPS) is 11.3. The molecule has 152 valence electrons. The van der Waals surface area contributed by atoms with Crippen LogP contribution < -0.4 is 0 Å². The van der Waals surface area contributed by atoms with E-state index in [1.54, 1.807) is 12.1 Å². The Morgan fingerprint density at radius 1 is 0.710 bits per heavy atom. The van der Waals surface area contributed by atoms with Crippen molar-refractivity contribution < 1.29 is 4.39 Å². The number of hydrogen-bond donors (Lipinski definition) is 0. The highest BCUT2D eigenvalue weighted by molar-refractivity contribution is 8.00. The number of rotatable bonds is 6. The molecule has 0 aliphatic rings. The summed E-state index contributed by atoms with van der Waals surface area (Å²) in [5.41, 5.74) is 4.68. The van der Waals surface area contributed by atoms with E-state index in [-0.39, 0.29) is 11.1 Å². The van der Waals surface area contributed by atoms with E-state index in [4.69, 9.17) is 0 Å². The summed E-state index contributed by atoms with van der Waals surface area (Å²) in [5.74, 6) is -0.197. The summed E-state index contributed by atoms with van der Waals surface area (Å²) < 4.78 is 15.9. The first-order valence-electron chi connectivity index (χ1n) is 10.4. The van der Waals surface area contributed by atoms with Gasteiger partial charge in [-0.1, -0.05) is 91.0 Å². The molecule has 0 aliphatic carbocycles. The number of aromatic nitrogens is 1. The Morgan fingerprint density at radius 2 is 1.35 bits per heavy atom. The molecule has 0 atom stereocenters. The Bertz CT molecular complexity index is 1260. The molecule has 0 saturated heterocycles. The molecule has 0 amide bonds. The number of hydrogen-bond acceptors (Lipinski definition) is 1. The molecule has 1 heterocycles. The lowest BCUT2D eigenvalue weighted by Gasteiger charge is -2.17. The fourth-order valence-corrected chi connectivity index (χ4v) is 5.31. The Hall–Kier alpha value is -3.30. The molecule has 0 unspecified atom stereocenters. The maximum absolute atomic E-state index is 13.7. The molecule has 0 spiro atoms. The van der Waals surface area contributed by atoms with Gasteiger partial charge in [0.25, 0.3) is 0 Å². The van der Waals surface area contributed by atoms with Gasteiger partial charge in [0.05, 0.1) is 5.25 Å². The fraction of sp³-hybridized carbons (Fsp3) is 0.0714. The highest BCUT2D eigenvalue weighted by Crippen LogP contribution is 2.43. The Morgan fingerprint density at radius 3 is 2.03 bits per heavy atom. The second-order valence-corrected chi connectivity index (χ2v) is 8.73. The summed E-state index contributed by atoms with van der Waals surface area (Å²) in [6.07, 6.45) is 2.21. The van der Waals surface area contributed by atoms with Crippen molar-refractivity contribution >= 4 is 22.7 Å². The van der Waals surface area contributed by atoms with Gasteiger partial charge in [-0.05, 0) is 34.9 Å². The van der Waals surface area contributed by atoms with E-state index in [1.807, 2.05) is 17.8 Å². The lowest BCUT2D eigenvalue weighted by molar-refractivity contribution is 0.624. The molecule has 0 fully saturated rings. The molecule has 3 heteroatoms. The van der Waals surface area contributed by atoms with Crippen LogP contribution in [0, 0.1) is 5.82 Å². The molecule has 0 radical (unpaired) electrons. The predicted octanol–water partition coefficient (Wildman–Crippen LogP) is 7.71. The molecule has 5 aromatic rings. The Balaban J connectivity index is 1.56. The second kappa shape index (κ2) is 8.83. The second-order valence-electron chi connectivity index (χ2n) is 7.59. The average molecular weight is 424 g/mol. The summed E-state index contributed by atoms with van der Waals surface area (Å²) in [7, 11) is 0. The van der Waals surface area contributed by atoms with Crippen LogP contribution in [0.3, 0.4) is 0 Å². The minimum absolute atomic E-state index is 0.191. The highest BCUT2D eigenvalue weighted by atomic mass is 32.2. The molecule has 0 aliphatic heterocycles. The van der Waals surface area contributed by atoms with Gasteiger partial charge in [0, 0.05) is 28.5 Å². The van der Waals surface area contributed by atoms with Gasteiger partial charge in [-0.25, -0.2) is 4.39 Å². The van der Waals surface area contributed by atoms with Crippen LogP contribution in [0.15, 0.2) is 120 Å². The van der Waals surface area contributed by atoms with E-state index in [1.165, 1.54) is 27.5 Å². The zero-order chi connectivity index (χ0) is 21.0. The number of para-hydroxylation sites is 1. The van der Waals surface area contributed by atoms with Gasteiger partial charge in [0.1, 0.15) is 5.82 Å². The zero-order valence-electron chi connectivity index (χ0n) is 17.0. The van der Waals surface area contributed by atoms with Gasteiger partial charge >= 0.3 is 0 Å². The third kappa shape index (κ3) is 4.28. The standard InChI is InChI=1S/C28H22FNS/c29-24-15-9-10-21(18-24)19-30-20-27(25-16-7-8-17-26(25)30)31-28(22-11-3-1-4-12-22)23-13-5-2-6-14-23/h1-18,20,28H,19H2. The van der Waals surface area contributed by atoms with Crippen molar-refractivity contribution in [2.45, 2.75) is 16.7 Å².